The van der Waals surface area contributed by atoms with Crippen LogP contribution in [0.4, 0.5) is 0 Å². The zero-order valence-corrected chi connectivity index (χ0v) is 15.5. The lowest BCUT2D eigenvalue weighted by Crippen LogP contribution is -2.28. The number of likely N-dealkylation sites (tertiary alicyclic amines) is 1. The van der Waals surface area contributed by atoms with E-state index in [1.54, 1.807) is 0 Å². The molecular formula is C22H28N2O2. The van der Waals surface area contributed by atoms with E-state index in [2.05, 4.69) is 41.4 Å². The second kappa shape index (κ2) is 9.39. The van der Waals surface area contributed by atoms with Crippen LogP contribution in [0, 0.1) is 0 Å². The molecule has 1 aliphatic heterocycles. The highest BCUT2D eigenvalue weighted by atomic mass is 16.5. The molecule has 26 heavy (non-hydrogen) atoms. The zero-order chi connectivity index (χ0) is 18.2. The van der Waals surface area contributed by atoms with Gasteiger partial charge in [-0.1, -0.05) is 43.3 Å². The Labute approximate surface area is 156 Å². The first-order chi connectivity index (χ1) is 12.7. The maximum absolute atomic E-state index is 12.0. The zero-order valence-electron chi connectivity index (χ0n) is 15.5. The van der Waals surface area contributed by atoms with Gasteiger partial charge in [-0.25, -0.2) is 0 Å². The molecule has 0 aliphatic carbocycles. The van der Waals surface area contributed by atoms with Gasteiger partial charge in [-0.05, 0) is 61.2 Å². The smallest absolute Gasteiger partial charge is 0.258 e. The van der Waals surface area contributed by atoms with E-state index in [0.717, 1.165) is 24.3 Å². The first-order valence-electron chi connectivity index (χ1n) is 9.51. The molecule has 0 atom stereocenters. The molecule has 0 spiro atoms. The molecule has 2 aromatic rings. The van der Waals surface area contributed by atoms with Gasteiger partial charge in [-0.15, -0.1) is 0 Å². The van der Waals surface area contributed by atoms with Gasteiger partial charge in [0.2, 0.25) is 0 Å². The first-order valence-corrected chi connectivity index (χ1v) is 9.51. The molecule has 138 valence electrons. The molecule has 0 bridgehead atoms. The van der Waals surface area contributed by atoms with Gasteiger partial charge in [-0.2, -0.15) is 0 Å². The van der Waals surface area contributed by atoms with Crippen LogP contribution in [-0.4, -0.2) is 30.5 Å². The summed E-state index contributed by atoms with van der Waals surface area (Å²) < 4.78 is 5.53. The van der Waals surface area contributed by atoms with Crippen LogP contribution in [-0.2, 0) is 24.3 Å². The number of rotatable bonds is 8. The number of ether oxygens (including phenoxy) is 1. The Bertz CT molecular complexity index is 689. The normalized spacial score (nSPS) is 14.3. The lowest BCUT2D eigenvalue weighted by atomic mass is 10.1. The first kappa shape index (κ1) is 18.5. The van der Waals surface area contributed by atoms with E-state index in [-0.39, 0.29) is 12.5 Å². The highest BCUT2D eigenvalue weighted by Crippen LogP contribution is 2.14. The summed E-state index contributed by atoms with van der Waals surface area (Å²) in [5.41, 5.74) is 3.70. The molecule has 3 rings (SSSR count). The Kier molecular flexibility index (Phi) is 6.67. The van der Waals surface area contributed by atoms with Gasteiger partial charge in [0.15, 0.2) is 6.61 Å². The lowest BCUT2D eigenvalue weighted by molar-refractivity contribution is -0.123. The molecule has 1 aliphatic rings. The fourth-order valence-corrected chi connectivity index (χ4v) is 3.18. The molecule has 2 aromatic carbocycles. The summed E-state index contributed by atoms with van der Waals surface area (Å²) in [4.78, 5) is 14.5. The third-order valence-electron chi connectivity index (χ3n) is 4.82. The highest BCUT2D eigenvalue weighted by molar-refractivity contribution is 5.77. The maximum Gasteiger partial charge on any atom is 0.258 e. The third kappa shape index (κ3) is 5.60. The van der Waals surface area contributed by atoms with Crippen molar-refractivity contribution in [2.45, 2.75) is 39.3 Å². The Hall–Kier alpha value is -2.33. The lowest BCUT2D eigenvalue weighted by Gasteiger charge is -2.14. The summed E-state index contributed by atoms with van der Waals surface area (Å²) in [6, 6.07) is 16.4. The van der Waals surface area contributed by atoms with Crippen molar-refractivity contribution in [1.29, 1.82) is 0 Å². The Morgan fingerprint density at radius 2 is 1.58 bits per heavy atom. The minimum atomic E-state index is -0.106. The summed E-state index contributed by atoms with van der Waals surface area (Å²) in [5, 5.41) is 2.91. The van der Waals surface area contributed by atoms with E-state index < -0.39 is 0 Å². The van der Waals surface area contributed by atoms with Crippen LogP contribution in [0.1, 0.15) is 36.5 Å². The van der Waals surface area contributed by atoms with E-state index in [9.17, 15) is 4.79 Å². The number of carbonyl (C=O) groups excluding carboxylic acids is 1. The van der Waals surface area contributed by atoms with E-state index >= 15 is 0 Å². The second-order valence-electron chi connectivity index (χ2n) is 6.86. The Balaban J connectivity index is 1.39. The van der Waals surface area contributed by atoms with Gasteiger partial charge in [0.1, 0.15) is 5.75 Å². The minimum absolute atomic E-state index is 0.0402. The molecule has 0 radical (unpaired) electrons. The molecule has 1 saturated heterocycles. The van der Waals surface area contributed by atoms with Gasteiger partial charge in [0.25, 0.3) is 5.91 Å². The number of benzene rings is 2. The molecule has 1 amide bonds. The van der Waals surface area contributed by atoms with Gasteiger partial charge < -0.3 is 10.1 Å². The summed E-state index contributed by atoms with van der Waals surface area (Å²) in [6.45, 7) is 6.12. The minimum Gasteiger partial charge on any atom is -0.484 e. The van der Waals surface area contributed by atoms with Gasteiger partial charge in [-0.3, -0.25) is 9.69 Å². The van der Waals surface area contributed by atoms with E-state index in [0.29, 0.717) is 6.54 Å². The largest absolute Gasteiger partial charge is 0.484 e. The second-order valence-corrected chi connectivity index (χ2v) is 6.86. The van der Waals surface area contributed by atoms with Crippen molar-refractivity contribution in [3.8, 4) is 5.75 Å². The number of nitrogens with zero attached hydrogens (tertiary/aromatic N) is 1. The van der Waals surface area contributed by atoms with Gasteiger partial charge >= 0.3 is 0 Å². The average molecular weight is 352 g/mol. The van der Waals surface area contributed by atoms with Crippen molar-refractivity contribution < 1.29 is 9.53 Å². The summed E-state index contributed by atoms with van der Waals surface area (Å²) in [6.07, 6.45) is 3.63. The standard InChI is InChI=1S/C22H28N2O2/c1-2-18-9-11-21(12-10-18)26-17-22(25)23-15-19-5-7-20(8-6-19)16-24-13-3-4-14-24/h5-12H,2-4,13-17H2,1H3,(H,23,25). The number of hydrogen-bond acceptors (Lipinski definition) is 3. The summed E-state index contributed by atoms with van der Waals surface area (Å²) in [7, 11) is 0. The summed E-state index contributed by atoms with van der Waals surface area (Å²) in [5.74, 6) is 0.620. The molecule has 1 fully saturated rings. The van der Waals surface area contributed by atoms with Crippen molar-refractivity contribution in [3.05, 3.63) is 65.2 Å². The number of aryl methyl sites for hydroxylation is 1. The van der Waals surface area contributed by atoms with Crippen molar-refractivity contribution in [2.75, 3.05) is 19.7 Å². The molecule has 4 heteroatoms. The topological polar surface area (TPSA) is 41.6 Å². The Morgan fingerprint density at radius 3 is 2.23 bits per heavy atom. The van der Waals surface area contributed by atoms with Crippen LogP contribution in [0.3, 0.4) is 0 Å². The predicted molar refractivity (Wildman–Crippen MR) is 104 cm³/mol. The highest BCUT2D eigenvalue weighted by Gasteiger charge is 2.11. The van der Waals surface area contributed by atoms with Crippen LogP contribution in [0.5, 0.6) is 5.75 Å². The van der Waals surface area contributed by atoms with Crippen molar-refractivity contribution in [3.63, 3.8) is 0 Å². The van der Waals surface area contributed by atoms with E-state index in [1.807, 2.05) is 24.3 Å². The number of nitrogens with one attached hydrogen (secondary N) is 1. The molecule has 4 nitrogen and oxygen atoms in total. The maximum atomic E-state index is 12.0. The molecule has 1 heterocycles. The number of carbonyl (C=O) groups is 1. The predicted octanol–water partition coefficient (Wildman–Crippen LogP) is 3.54. The monoisotopic (exact) mass is 352 g/mol. The van der Waals surface area contributed by atoms with Crippen molar-refractivity contribution >= 4 is 5.91 Å². The van der Waals surface area contributed by atoms with Crippen molar-refractivity contribution in [1.82, 2.24) is 10.2 Å². The van der Waals surface area contributed by atoms with Crippen molar-refractivity contribution in [2.24, 2.45) is 0 Å². The molecule has 0 unspecified atom stereocenters. The SMILES string of the molecule is CCc1ccc(OCC(=O)NCc2ccc(CN3CCCC3)cc2)cc1. The average Bonchev–Trinajstić information content (AvgIpc) is 3.19. The number of amides is 1. The molecule has 0 aromatic heterocycles. The molecule has 0 saturated carbocycles. The van der Waals surface area contributed by atoms with Crippen LogP contribution in [0.2, 0.25) is 0 Å². The molecule has 1 N–H and O–H groups in total. The quantitative estimate of drug-likeness (QED) is 0.790. The van der Waals surface area contributed by atoms with Gasteiger partial charge in [0.05, 0.1) is 0 Å². The van der Waals surface area contributed by atoms with E-state index in [4.69, 9.17) is 4.74 Å². The molecular weight excluding hydrogens is 324 g/mol. The van der Waals surface area contributed by atoms with Crippen LogP contribution in [0.25, 0.3) is 0 Å². The van der Waals surface area contributed by atoms with Crippen LogP contribution in [0.15, 0.2) is 48.5 Å². The van der Waals surface area contributed by atoms with E-state index in [1.165, 1.54) is 37.1 Å². The number of hydrogen-bond donors (Lipinski definition) is 1. The van der Waals surface area contributed by atoms with Crippen LogP contribution < -0.4 is 10.1 Å². The van der Waals surface area contributed by atoms with Crippen LogP contribution >= 0.6 is 0 Å². The fourth-order valence-electron chi connectivity index (χ4n) is 3.18. The Morgan fingerprint density at radius 1 is 0.962 bits per heavy atom. The fraction of sp³-hybridized carbons (Fsp3) is 0.409. The van der Waals surface area contributed by atoms with Gasteiger partial charge in [0, 0.05) is 13.1 Å². The third-order valence-corrected chi connectivity index (χ3v) is 4.82. The summed E-state index contributed by atoms with van der Waals surface area (Å²) >= 11 is 0.